The summed E-state index contributed by atoms with van der Waals surface area (Å²) in [5.74, 6) is 6.59. The number of hydrazine groups is 1. The first-order chi connectivity index (χ1) is 7.70. The van der Waals surface area contributed by atoms with Crippen molar-refractivity contribution in [3.05, 3.63) is 0 Å². The van der Waals surface area contributed by atoms with Crippen LogP contribution in [0.15, 0.2) is 4.99 Å². The average molecular weight is 230 g/mol. The summed E-state index contributed by atoms with van der Waals surface area (Å²) in [6.07, 6.45) is 3.36. The highest BCUT2D eigenvalue weighted by Gasteiger charge is 1.96. The topological polar surface area (TPSA) is 71.7 Å². The molecular formula is C11H26N4O. The molecule has 0 aliphatic rings. The third-order valence-electron chi connectivity index (χ3n) is 2.07. The lowest BCUT2D eigenvalue weighted by Gasteiger charge is -2.09. The van der Waals surface area contributed by atoms with Crippen molar-refractivity contribution in [2.75, 3.05) is 26.8 Å². The molecule has 0 rings (SSSR count). The van der Waals surface area contributed by atoms with Gasteiger partial charge in [-0.25, -0.2) is 5.84 Å². The lowest BCUT2D eigenvalue weighted by Crippen LogP contribution is -2.42. The molecule has 0 spiro atoms. The fraction of sp³-hybridized carbons (Fsp3) is 0.909. The Hall–Kier alpha value is -0.810. The summed E-state index contributed by atoms with van der Waals surface area (Å²) < 4.78 is 4.98. The third-order valence-corrected chi connectivity index (χ3v) is 2.07. The number of nitrogens with two attached hydrogens (primary N) is 1. The first kappa shape index (κ1) is 15.2. The highest BCUT2D eigenvalue weighted by molar-refractivity contribution is 5.79. The van der Waals surface area contributed by atoms with Gasteiger partial charge in [-0.3, -0.25) is 10.4 Å². The molecule has 0 unspecified atom stereocenters. The van der Waals surface area contributed by atoms with Crippen LogP contribution in [0.4, 0.5) is 0 Å². The lowest BCUT2D eigenvalue weighted by atomic mass is 10.2. The maximum Gasteiger partial charge on any atom is 0.205 e. The van der Waals surface area contributed by atoms with E-state index in [1.807, 2.05) is 0 Å². The summed E-state index contributed by atoms with van der Waals surface area (Å²) in [6, 6.07) is 0. The number of aliphatic imine (C=N–C) groups is 1. The van der Waals surface area contributed by atoms with Crippen molar-refractivity contribution in [2.24, 2.45) is 16.8 Å². The molecule has 0 atom stereocenters. The van der Waals surface area contributed by atoms with Crippen LogP contribution in [0.1, 0.15) is 33.1 Å². The maximum atomic E-state index is 5.36. The molecule has 0 aromatic carbocycles. The van der Waals surface area contributed by atoms with E-state index in [9.17, 15) is 0 Å². The summed E-state index contributed by atoms with van der Waals surface area (Å²) in [5, 5.41) is 3.17. The highest BCUT2D eigenvalue weighted by atomic mass is 16.5. The zero-order chi connectivity index (χ0) is 12.2. The van der Waals surface area contributed by atoms with E-state index in [0.29, 0.717) is 11.9 Å². The van der Waals surface area contributed by atoms with Gasteiger partial charge in [0.1, 0.15) is 0 Å². The second-order valence-corrected chi connectivity index (χ2v) is 4.21. The van der Waals surface area contributed by atoms with Crippen LogP contribution in [0.3, 0.4) is 0 Å². The summed E-state index contributed by atoms with van der Waals surface area (Å²) in [6.45, 7) is 6.77. The molecule has 0 radical (unpaired) electrons. The number of guanidine groups is 1. The Kier molecular flexibility index (Phi) is 10.2. The second kappa shape index (κ2) is 10.7. The molecule has 0 bridgehead atoms. The second-order valence-electron chi connectivity index (χ2n) is 4.21. The largest absolute Gasteiger partial charge is 0.385 e. The van der Waals surface area contributed by atoms with E-state index in [-0.39, 0.29) is 0 Å². The van der Waals surface area contributed by atoms with E-state index < -0.39 is 0 Å². The Morgan fingerprint density at radius 2 is 2.06 bits per heavy atom. The van der Waals surface area contributed by atoms with Crippen molar-refractivity contribution >= 4 is 5.96 Å². The Balaban J connectivity index is 3.51. The van der Waals surface area contributed by atoms with E-state index in [4.69, 9.17) is 10.6 Å². The molecule has 0 aromatic rings. The molecule has 16 heavy (non-hydrogen) atoms. The van der Waals surface area contributed by atoms with Crippen molar-refractivity contribution in [2.45, 2.75) is 33.1 Å². The monoisotopic (exact) mass is 230 g/mol. The number of methoxy groups -OCH3 is 1. The Morgan fingerprint density at radius 1 is 1.31 bits per heavy atom. The van der Waals surface area contributed by atoms with Crippen LogP contribution in [0.5, 0.6) is 0 Å². The lowest BCUT2D eigenvalue weighted by molar-refractivity contribution is 0.192. The fourth-order valence-corrected chi connectivity index (χ4v) is 1.18. The minimum atomic E-state index is 0.548. The van der Waals surface area contributed by atoms with Gasteiger partial charge in [0.15, 0.2) is 0 Å². The number of nitrogens with zero attached hydrogens (tertiary/aromatic N) is 1. The number of hydrogen-bond acceptors (Lipinski definition) is 3. The van der Waals surface area contributed by atoms with Crippen molar-refractivity contribution in [3.63, 3.8) is 0 Å². The minimum Gasteiger partial charge on any atom is -0.385 e. The van der Waals surface area contributed by atoms with Gasteiger partial charge >= 0.3 is 0 Å². The smallest absolute Gasteiger partial charge is 0.205 e. The van der Waals surface area contributed by atoms with Crippen LogP contribution in [0.2, 0.25) is 0 Å². The Morgan fingerprint density at radius 3 is 2.62 bits per heavy atom. The van der Waals surface area contributed by atoms with Gasteiger partial charge in [-0.15, -0.1) is 0 Å². The average Bonchev–Trinajstić information content (AvgIpc) is 2.27. The van der Waals surface area contributed by atoms with Gasteiger partial charge in [0.25, 0.3) is 0 Å². The molecule has 0 amide bonds. The van der Waals surface area contributed by atoms with Crippen molar-refractivity contribution in [3.8, 4) is 0 Å². The summed E-state index contributed by atoms with van der Waals surface area (Å²) in [7, 11) is 1.73. The fourth-order valence-electron chi connectivity index (χ4n) is 1.18. The van der Waals surface area contributed by atoms with Crippen molar-refractivity contribution in [1.82, 2.24) is 10.7 Å². The molecular weight excluding hydrogens is 204 g/mol. The number of ether oxygens (including phenoxy) is 1. The normalized spacial score (nSPS) is 11.9. The molecule has 0 saturated heterocycles. The van der Waals surface area contributed by atoms with Gasteiger partial charge in [-0.1, -0.05) is 13.8 Å². The summed E-state index contributed by atoms with van der Waals surface area (Å²) >= 11 is 0. The molecule has 5 nitrogen and oxygen atoms in total. The standard InChI is InChI=1S/C11H26N4O/c1-10(2)9-14-11(15-12)13-7-5-4-6-8-16-3/h10H,4-9,12H2,1-3H3,(H2,13,14,15). The summed E-state index contributed by atoms with van der Waals surface area (Å²) in [5.41, 5.74) is 2.57. The maximum absolute atomic E-state index is 5.36. The SMILES string of the molecule is COCCCCCNC(=NCC(C)C)NN. The minimum absolute atomic E-state index is 0.548. The number of hydrogen-bond donors (Lipinski definition) is 3. The van der Waals surface area contributed by atoms with Gasteiger partial charge in [0.05, 0.1) is 0 Å². The molecule has 96 valence electrons. The Bertz CT molecular complexity index is 183. The quantitative estimate of drug-likeness (QED) is 0.190. The molecule has 0 heterocycles. The van der Waals surface area contributed by atoms with Crippen molar-refractivity contribution < 1.29 is 4.74 Å². The third kappa shape index (κ3) is 9.73. The molecule has 0 saturated carbocycles. The van der Waals surface area contributed by atoms with Crippen LogP contribution in [0, 0.1) is 5.92 Å². The number of nitrogens with one attached hydrogen (secondary N) is 2. The van der Waals surface area contributed by atoms with E-state index >= 15 is 0 Å². The van der Waals surface area contributed by atoms with Crippen LogP contribution in [-0.4, -0.2) is 32.8 Å². The van der Waals surface area contributed by atoms with Gasteiger partial charge in [-0.05, 0) is 25.2 Å². The first-order valence-corrected chi connectivity index (χ1v) is 5.94. The van der Waals surface area contributed by atoms with Crippen LogP contribution in [0.25, 0.3) is 0 Å². The summed E-state index contributed by atoms with van der Waals surface area (Å²) in [4.78, 5) is 4.32. The Labute approximate surface area is 98.8 Å². The number of rotatable bonds is 8. The van der Waals surface area contributed by atoms with Crippen LogP contribution in [-0.2, 0) is 4.74 Å². The van der Waals surface area contributed by atoms with Gasteiger partial charge in [0.2, 0.25) is 5.96 Å². The zero-order valence-corrected chi connectivity index (χ0v) is 10.8. The highest BCUT2D eigenvalue weighted by Crippen LogP contribution is 1.94. The van der Waals surface area contributed by atoms with Crippen molar-refractivity contribution in [1.29, 1.82) is 0 Å². The van der Waals surface area contributed by atoms with Gasteiger partial charge in [-0.2, -0.15) is 0 Å². The van der Waals surface area contributed by atoms with Gasteiger partial charge < -0.3 is 10.1 Å². The molecule has 0 fully saturated rings. The molecule has 5 heteroatoms. The van der Waals surface area contributed by atoms with E-state index in [0.717, 1.165) is 39.0 Å². The van der Waals surface area contributed by atoms with Crippen LogP contribution < -0.4 is 16.6 Å². The molecule has 0 aromatic heterocycles. The van der Waals surface area contributed by atoms with Crippen LogP contribution >= 0.6 is 0 Å². The van der Waals surface area contributed by atoms with E-state index in [1.165, 1.54) is 0 Å². The van der Waals surface area contributed by atoms with E-state index in [2.05, 4.69) is 29.6 Å². The predicted octanol–water partition coefficient (Wildman–Crippen LogP) is 0.868. The number of unbranched alkanes of at least 4 members (excludes halogenated alkanes) is 2. The molecule has 0 aliphatic carbocycles. The van der Waals surface area contributed by atoms with E-state index in [1.54, 1.807) is 7.11 Å². The molecule has 4 N–H and O–H groups in total. The first-order valence-electron chi connectivity index (χ1n) is 5.94. The molecule has 0 aliphatic heterocycles. The zero-order valence-electron chi connectivity index (χ0n) is 10.8. The van der Waals surface area contributed by atoms with Gasteiger partial charge in [0, 0.05) is 26.8 Å². The predicted molar refractivity (Wildman–Crippen MR) is 68.2 cm³/mol.